The summed E-state index contributed by atoms with van der Waals surface area (Å²) in [6.45, 7) is 7.50. The summed E-state index contributed by atoms with van der Waals surface area (Å²) >= 11 is 0. The van der Waals surface area contributed by atoms with Gasteiger partial charge in [-0.25, -0.2) is 17.8 Å². The van der Waals surface area contributed by atoms with Gasteiger partial charge in [-0.1, -0.05) is 62.4 Å². The van der Waals surface area contributed by atoms with Crippen molar-refractivity contribution in [3.8, 4) is 22.7 Å². The van der Waals surface area contributed by atoms with Crippen molar-refractivity contribution in [1.82, 2.24) is 4.98 Å². The summed E-state index contributed by atoms with van der Waals surface area (Å²) in [6, 6.07) is 15.7. The van der Waals surface area contributed by atoms with Gasteiger partial charge in [-0.2, -0.15) is 0 Å². The summed E-state index contributed by atoms with van der Waals surface area (Å²) in [5.41, 5.74) is 2.24. The lowest BCUT2D eigenvalue weighted by Gasteiger charge is -2.07. The van der Waals surface area contributed by atoms with Crippen molar-refractivity contribution in [2.24, 2.45) is 0 Å². The molecule has 0 aliphatic rings. The third kappa shape index (κ3) is 7.39. The number of halogens is 1. The van der Waals surface area contributed by atoms with E-state index < -0.39 is 9.84 Å². The average Bonchev–Trinajstić information content (AvgIpc) is 3.28. The van der Waals surface area contributed by atoms with Crippen LogP contribution in [0.2, 0.25) is 0 Å². The predicted molar refractivity (Wildman–Crippen MR) is 139 cm³/mol. The molecule has 1 atom stereocenters. The van der Waals surface area contributed by atoms with Gasteiger partial charge in [-0.3, -0.25) is 0 Å². The van der Waals surface area contributed by atoms with Crippen molar-refractivity contribution in [3.63, 3.8) is 0 Å². The zero-order valence-electron chi connectivity index (χ0n) is 20.3. The van der Waals surface area contributed by atoms with Gasteiger partial charge in [0, 0.05) is 22.3 Å². The monoisotopic (exact) mass is 481 g/mol. The van der Waals surface area contributed by atoms with E-state index in [1.807, 2.05) is 75.4 Å². The van der Waals surface area contributed by atoms with Crippen LogP contribution in [0.1, 0.15) is 45.8 Å². The second-order valence-corrected chi connectivity index (χ2v) is 9.60. The molecule has 0 spiro atoms. The van der Waals surface area contributed by atoms with E-state index in [0.717, 1.165) is 11.1 Å². The van der Waals surface area contributed by atoms with Gasteiger partial charge in [-0.05, 0) is 56.7 Å². The Bertz CT molecular complexity index is 1240. The van der Waals surface area contributed by atoms with Crippen molar-refractivity contribution < 1.29 is 17.2 Å². The third-order valence-corrected chi connectivity index (χ3v) is 6.30. The minimum atomic E-state index is -3.19. The minimum Gasteiger partial charge on any atom is -0.440 e. The molecule has 0 fully saturated rings. The van der Waals surface area contributed by atoms with Gasteiger partial charge in [0.05, 0.1) is 5.92 Å². The largest absolute Gasteiger partial charge is 0.440 e. The molecule has 0 aliphatic carbocycles. The smallest absolute Gasteiger partial charge is 0.226 e. The first-order valence-corrected chi connectivity index (χ1v) is 13.2. The molecule has 6 heteroatoms. The molecule has 180 valence electrons. The maximum Gasteiger partial charge on any atom is 0.226 e. The summed E-state index contributed by atoms with van der Waals surface area (Å²) in [6.07, 6.45) is 11.1. The van der Waals surface area contributed by atoms with Gasteiger partial charge < -0.3 is 4.42 Å². The molecular formula is C28H32FNO3S. The summed E-state index contributed by atoms with van der Waals surface area (Å²) in [4.78, 5) is 5.06. The number of aromatic nitrogens is 1. The minimum absolute atomic E-state index is 0.225. The first-order valence-electron chi connectivity index (χ1n) is 11.3. The molecule has 0 bridgehead atoms. The number of oxazole rings is 1. The van der Waals surface area contributed by atoms with Crippen LogP contribution in [0.4, 0.5) is 4.39 Å². The van der Waals surface area contributed by atoms with E-state index in [9.17, 15) is 12.8 Å². The van der Waals surface area contributed by atoms with Gasteiger partial charge in [0.25, 0.3) is 0 Å². The Kier molecular flexibility index (Phi) is 10.2. The summed E-state index contributed by atoms with van der Waals surface area (Å²) < 4.78 is 42.9. The molecule has 0 saturated carbocycles. The lowest BCUT2D eigenvalue weighted by atomic mass is 9.99. The van der Waals surface area contributed by atoms with Crippen LogP contribution < -0.4 is 0 Å². The molecule has 3 rings (SSSR count). The molecule has 1 unspecified atom stereocenters. The Labute approximate surface area is 202 Å². The molecule has 1 aromatic heterocycles. The zero-order chi connectivity index (χ0) is 25.1. The van der Waals surface area contributed by atoms with Crippen LogP contribution in [0.3, 0.4) is 0 Å². The quantitative estimate of drug-likeness (QED) is 0.309. The maximum atomic E-state index is 13.5. The van der Waals surface area contributed by atoms with Crippen LogP contribution in [-0.4, -0.2) is 19.7 Å². The number of allylic oxidation sites excluding steroid dienone is 6. The van der Waals surface area contributed by atoms with Gasteiger partial charge in [0.1, 0.15) is 17.3 Å². The van der Waals surface area contributed by atoms with E-state index in [-0.39, 0.29) is 11.7 Å². The highest BCUT2D eigenvalue weighted by Gasteiger charge is 2.21. The van der Waals surface area contributed by atoms with Crippen molar-refractivity contribution >= 4 is 9.84 Å². The molecule has 1 heterocycles. The van der Waals surface area contributed by atoms with Gasteiger partial charge >= 0.3 is 0 Å². The fraction of sp³-hybridized carbons (Fsp3) is 0.250. The number of hydrogen-bond acceptors (Lipinski definition) is 4. The van der Waals surface area contributed by atoms with Crippen LogP contribution in [-0.2, 0) is 9.84 Å². The van der Waals surface area contributed by atoms with Crippen LogP contribution in [0.15, 0.2) is 94.3 Å². The van der Waals surface area contributed by atoms with E-state index in [1.165, 1.54) is 18.4 Å². The van der Waals surface area contributed by atoms with Gasteiger partial charge in [0.2, 0.25) is 5.89 Å². The molecule has 0 N–H and O–H groups in total. The Morgan fingerprint density at radius 3 is 2.26 bits per heavy atom. The Morgan fingerprint density at radius 2 is 1.68 bits per heavy atom. The highest BCUT2D eigenvalue weighted by molar-refractivity contribution is 7.94. The number of nitrogens with zero attached hydrogens (tertiary/aromatic N) is 1. The maximum absolute atomic E-state index is 13.5. The molecule has 0 amide bonds. The number of benzene rings is 2. The van der Waals surface area contributed by atoms with Crippen molar-refractivity contribution in [3.05, 3.63) is 101 Å². The molecule has 0 aliphatic heterocycles. The summed E-state index contributed by atoms with van der Waals surface area (Å²) in [7, 11) is -3.19. The molecule has 2 aromatic carbocycles. The topological polar surface area (TPSA) is 60.2 Å². The molecule has 34 heavy (non-hydrogen) atoms. The highest BCUT2D eigenvalue weighted by atomic mass is 32.2. The average molecular weight is 482 g/mol. The fourth-order valence-corrected chi connectivity index (χ4v) is 3.53. The van der Waals surface area contributed by atoms with E-state index in [4.69, 9.17) is 9.40 Å². The first-order chi connectivity index (χ1) is 16.3. The highest BCUT2D eigenvalue weighted by Crippen LogP contribution is 2.35. The lowest BCUT2D eigenvalue weighted by Crippen LogP contribution is -1.96. The van der Waals surface area contributed by atoms with E-state index in [2.05, 4.69) is 0 Å². The molecular weight excluding hydrogens is 449 g/mol. The molecule has 3 aromatic rings. The van der Waals surface area contributed by atoms with E-state index >= 15 is 0 Å². The van der Waals surface area contributed by atoms with Crippen molar-refractivity contribution in [2.75, 3.05) is 6.26 Å². The third-order valence-electron chi connectivity index (χ3n) is 4.96. The SMILES string of the molecule is C/C=C\C(C=CC/C=C(\C)S(C)(=O)=O)c1oc(-c2ccccc2)nc1-c1ccc(F)cc1.CC. The standard InChI is InChI=1S/C26H26FNO3S.C2H6/c1-4-10-21(12-9-8-11-19(2)32(3,29)30)25-24(20-15-17-23(27)18-16-20)28-26(31-25)22-13-6-5-7-14-22;1-2/h4-7,9-18,21H,8H2,1-3H3;1-2H3/b10-4-,12-9?,19-11+;. The molecule has 4 nitrogen and oxygen atoms in total. The van der Waals surface area contributed by atoms with Crippen molar-refractivity contribution in [1.29, 1.82) is 0 Å². The number of sulfone groups is 1. The zero-order valence-corrected chi connectivity index (χ0v) is 21.1. The predicted octanol–water partition coefficient (Wildman–Crippen LogP) is 7.73. The number of hydrogen-bond donors (Lipinski definition) is 0. The molecule has 0 radical (unpaired) electrons. The lowest BCUT2D eigenvalue weighted by molar-refractivity contribution is 0.519. The number of rotatable bonds is 8. The normalized spacial score (nSPS) is 13.2. The Hall–Kier alpha value is -3.25. The second kappa shape index (κ2) is 12.8. The van der Waals surface area contributed by atoms with Crippen LogP contribution in [0, 0.1) is 5.82 Å². The van der Waals surface area contributed by atoms with Gasteiger partial charge in [0.15, 0.2) is 9.84 Å². The fourth-order valence-electron chi connectivity index (χ4n) is 3.13. The van der Waals surface area contributed by atoms with E-state index in [1.54, 1.807) is 25.1 Å². The second-order valence-electron chi connectivity index (χ2n) is 7.41. The van der Waals surface area contributed by atoms with Crippen LogP contribution in [0.25, 0.3) is 22.7 Å². The summed E-state index contributed by atoms with van der Waals surface area (Å²) in [5.74, 6) is 0.571. The van der Waals surface area contributed by atoms with Crippen molar-refractivity contribution in [2.45, 2.75) is 40.0 Å². The summed E-state index contributed by atoms with van der Waals surface area (Å²) in [5, 5.41) is 0. The first kappa shape index (κ1) is 27.0. The Morgan fingerprint density at radius 1 is 1.03 bits per heavy atom. The Balaban J connectivity index is 0.00000199. The molecule has 0 saturated heterocycles. The van der Waals surface area contributed by atoms with Crippen LogP contribution >= 0.6 is 0 Å². The van der Waals surface area contributed by atoms with Gasteiger partial charge in [-0.15, -0.1) is 0 Å². The van der Waals surface area contributed by atoms with E-state index in [0.29, 0.717) is 28.7 Å². The van der Waals surface area contributed by atoms with Crippen LogP contribution in [0.5, 0.6) is 0 Å².